The van der Waals surface area contributed by atoms with Crippen molar-refractivity contribution < 1.29 is 8.78 Å². The quantitative estimate of drug-likeness (QED) is 0.743. The van der Waals surface area contributed by atoms with Crippen molar-refractivity contribution in [2.24, 2.45) is 0 Å². The number of benzene rings is 2. The molecule has 19 heavy (non-hydrogen) atoms. The van der Waals surface area contributed by atoms with Gasteiger partial charge in [-0.25, -0.2) is 8.78 Å². The molecule has 0 heterocycles. The van der Waals surface area contributed by atoms with Crippen LogP contribution in [0.4, 0.5) is 14.5 Å². The molecule has 0 aliphatic heterocycles. The molecule has 0 saturated carbocycles. The highest BCUT2D eigenvalue weighted by Crippen LogP contribution is 2.24. The Bertz CT molecular complexity index is 599. The number of rotatable bonds is 3. The van der Waals surface area contributed by atoms with Gasteiger partial charge in [-0.2, -0.15) is 0 Å². The summed E-state index contributed by atoms with van der Waals surface area (Å²) in [6.45, 7) is 3.84. The Hall–Kier alpha value is -1.17. The normalized spacial score (nSPS) is 12.3. The first-order chi connectivity index (χ1) is 8.97. The topological polar surface area (TPSA) is 12.0 Å². The Balaban J connectivity index is 2.22. The molecular weight excluding hydrogens is 359 g/mol. The summed E-state index contributed by atoms with van der Waals surface area (Å²) in [4.78, 5) is 0. The highest BCUT2D eigenvalue weighted by atomic mass is 127. The van der Waals surface area contributed by atoms with Crippen LogP contribution in [0.15, 0.2) is 36.4 Å². The molecule has 1 atom stereocenters. The molecule has 4 heteroatoms. The predicted molar refractivity (Wildman–Crippen MR) is 82.3 cm³/mol. The second-order valence-electron chi connectivity index (χ2n) is 4.50. The van der Waals surface area contributed by atoms with E-state index in [2.05, 4.69) is 27.9 Å². The van der Waals surface area contributed by atoms with Gasteiger partial charge in [0.1, 0.15) is 11.6 Å². The van der Waals surface area contributed by atoms with Crippen molar-refractivity contribution in [2.45, 2.75) is 19.9 Å². The average Bonchev–Trinajstić information content (AvgIpc) is 2.36. The second kappa shape index (κ2) is 5.86. The first-order valence-corrected chi connectivity index (χ1v) is 7.03. The van der Waals surface area contributed by atoms with Gasteiger partial charge in [-0.15, -0.1) is 0 Å². The van der Waals surface area contributed by atoms with Gasteiger partial charge in [0.05, 0.1) is 6.04 Å². The molecule has 1 unspecified atom stereocenters. The molecule has 2 rings (SSSR count). The summed E-state index contributed by atoms with van der Waals surface area (Å²) in [5.41, 5.74) is 2.41. The lowest BCUT2D eigenvalue weighted by molar-refractivity contribution is 0.577. The summed E-state index contributed by atoms with van der Waals surface area (Å²) < 4.78 is 28.0. The SMILES string of the molecule is Cc1ccc(NC(C)c2cc(F)ccc2F)cc1I. The van der Waals surface area contributed by atoms with Gasteiger partial charge in [-0.05, 0) is 72.3 Å². The summed E-state index contributed by atoms with van der Waals surface area (Å²) in [6, 6.07) is 9.14. The van der Waals surface area contributed by atoms with Crippen LogP contribution in [0, 0.1) is 22.1 Å². The first kappa shape index (κ1) is 14.2. The van der Waals surface area contributed by atoms with Crippen LogP contribution < -0.4 is 5.32 Å². The van der Waals surface area contributed by atoms with Crippen molar-refractivity contribution in [2.75, 3.05) is 5.32 Å². The molecule has 0 spiro atoms. The number of aryl methyl sites for hydroxylation is 1. The van der Waals surface area contributed by atoms with Crippen molar-refractivity contribution in [1.82, 2.24) is 0 Å². The molecule has 0 amide bonds. The molecule has 0 aliphatic carbocycles. The highest BCUT2D eigenvalue weighted by molar-refractivity contribution is 14.1. The Morgan fingerprint density at radius 3 is 2.53 bits per heavy atom. The lowest BCUT2D eigenvalue weighted by Gasteiger charge is -2.17. The van der Waals surface area contributed by atoms with Crippen molar-refractivity contribution in [3.05, 3.63) is 62.7 Å². The lowest BCUT2D eigenvalue weighted by atomic mass is 10.1. The Morgan fingerprint density at radius 2 is 1.84 bits per heavy atom. The molecule has 1 nitrogen and oxygen atoms in total. The molecule has 1 N–H and O–H groups in total. The van der Waals surface area contributed by atoms with E-state index in [0.717, 1.165) is 21.4 Å². The number of nitrogens with one attached hydrogen (secondary N) is 1. The van der Waals surface area contributed by atoms with Crippen LogP contribution in [-0.4, -0.2) is 0 Å². The minimum atomic E-state index is -0.427. The first-order valence-electron chi connectivity index (χ1n) is 5.95. The fourth-order valence-corrected chi connectivity index (χ4v) is 2.37. The summed E-state index contributed by atoms with van der Waals surface area (Å²) in [5.74, 6) is -0.827. The highest BCUT2D eigenvalue weighted by Gasteiger charge is 2.12. The fourth-order valence-electron chi connectivity index (χ4n) is 1.86. The van der Waals surface area contributed by atoms with Gasteiger partial charge in [-0.1, -0.05) is 6.07 Å². The van der Waals surface area contributed by atoms with E-state index in [4.69, 9.17) is 0 Å². The third-order valence-corrected chi connectivity index (χ3v) is 4.14. The molecule has 0 aliphatic rings. The number of anilines is 1. The van der Waals surface area contributed by atoms with Crippen LogP contribution in [0.2, 0.25) is 0 Å². The van der Waals surface area contributed by atoms with Gasteiger partial charge >= 0.3 is 0 Å². The van der Waals surface area contributed by atoms with E-state index >= 15 is 0 Å². The minimum absolute atomic E-state index is 0.297. The van der Waals surface area contributed by atoms with Gasteiger partial charge in [-0.3, -0.25) is 0 Å². The van der Waals surface area contributed by atoms with E-state index in [1.165, 1.54) is 11.6 Å². The monoisotopic (exact) mass is 373 g/mol. The van der Waals surface area contributed by atoms with Crippen LogP contribution in [0.1, 0.15) is 24.1 Å². The van der Waals surface area contributed by atoms with Gasteiger partial charge < -0.3 is 5.32 Å². The molecule has 2 aromatic rings. The molecule has 2 aromatic carbocycles. The van der Waals surface area contributed by atoms with Crippen LogP contribution in [0.3, 0.4) is 0 Å². The largest absolute Gasteiger partial charge is 0.378 e. The van der Waals surface area contributed by atoms with Crippen molar-refractivity contribution in [3.63, 3.8) is 0 Å². The van der Waals surface area contributed by atoms with E-state index in [1.54, 1.807) is 0 Å². The third-order valence-electron chi connectivity index (χ3n) is 2.98. The summed E-state index contributed by atoms with van der Waals surface area (Å²) in [7, 11) is 0. The zero-order valence-electron chi connectivity index (χ0n) is 10.7. The van der Waals surface area contributed by atoms with Crippen molar-refractivity contribution in [1.29, 1.82) is 0 Å². The van der Waals surface area contributed by atoms with Crippen molar-refractivity contribution >= 4 is 28.3 Å². The van der Waals surface area contributed by atoms with E-state index in [1.807, 2.05) is 32.0 Å². The molecule has 0 aromatic heterocycles. The second-order valence-corrected chi connectivity index (χ2v) is 5.66. The van der Waals surface area contributed by atoms with Gasteiger partial charge in [0.15, 0.2) is 0 Å². The predicted octanol–water partition coefficient (Wildman–Crippen LogP) is 5.05. The van der Waals surface area contributed by atoms with Crippen molar-refractivity contribution in [3.8, 4) is 0 Å². The maximum atomic E-state index is 13.7. The number of hydrogen-bond donors (Lipinski definition) is 1. The average molecular weight is 373 g/mol. The molecule has 100 valence electrons. The number of halogens is 3. The van der Waals surface area contributed by atoms with E-state index < -0.39 is 11.6 Å². The molecule has 0 fully saturated rings. The van der Waals surface area contributed by atoms with E-state index in [0.29, 0.717) is 5.56 Å². The zero-order chi connectivity index (χ0) is 14.0. The molecule has 0 radical (unpaired) electrons. The Kier molecular flexibility index (Phi) is 4.39. The Labute approximate surface area is 125 Å². The van der Waals surface area contributed by atoms with Crippen LogP contribution in [-0.2, 0) is 0 Å². The van der Waals surface area contributed by atoms with Gasteiger partial charge in [0.25, 0.3) is 0 Å². The third kappa shape index (κ3) is 3.43. The zero-order valence-corrected chi connectivity index (χ0v) is 12.8. The molecule has 0 bridgehead atoms. The standard InChI is InChI=1S/C15H14F2IN/c1-9-3-5-12(8-15(9)18)19-10(2)13-7-11(16)4-6-14(13)17/h3-8,10,19H,1-2H3. The summed E-state index contributed by atoms with van der Waals surface area (Å²) >= 11 is 2.25. The number of hydrogen-bond acceptors (Lipinski definition) is 1. The summed E-state index contributed by atoms with van der Waals surface area (Å²) in [6.07, 6.45) is 0. The van der Waals surface area contributed by atoms with Crippen LogP contribution in [0.5, 0.6) is 0 Å². The fraction of sp³-hybridized carbons (Fsp3) is 0.200. The summed E-state index contributed by atoms with van der Waals surface area (Å²) in [5, 5.41) is 3.18. The maximum absolute atomic E-state index is 13.7. The molecule has 0 saturated heterocycles. The minimum Gasteiger partial charge on any atom is -0.378 e. The van der Waals surface area contributed by atoms with Crippen LogP contribution in [0.25, 0.3) is 0 Å². The van der Waals surface area contributed by atoms with Gasteiger partial charge in [0.2, 0.25) is 0 Å². The van der Waals surface area contributed by atoms with Gasteiger partial charge in [0, 0.05) is 14.8 Å². The smallest absolute Gasteiger partial charge is 0.128 e. The van der Waals surface area contributed by atoms with E-state index in [9.17, 15) is 8.78 Å². The lowest BCUT2D eigenvalue weighted by Crippen LogP contribution is -2.09. The molecular formula is C15H14F2IN. The van der Waals surface area contributed by atoms with Crippen LogP contribution >= 0.6 is 22.6 Å². The Morgan fingerprint density at radius 1 is 1.11 bits per heavy atom. The van der Waals surface area contributed by atoms with E-state index in [-0.39, 0.29) is 6.04 Å². The maximum Gasteiger partial charge on any atom is 0.128 e.